The summed E-state index contributed by atoms with van der Waals surface area (Å²) in [4.78, 5) is 5.69. The number of nitrogens with one attached hydrogen (secondary N) is 2. The zero-order chi connectivity index (χ0) is 14.2. The molecule has 0 saturated heterocycles. The van der Waals surface area contributed by atoms with Gasteiger partial charge in [0.1, 0.15) is 0 Å². The van der Waals surface area contributed by atoms with Gasteiger partial charge in [-0.25, -0.2) is 13.4 Å². The van der Waals surface area contributed by atoms with Crippen LogP contribution in [-0.4, -0.2) is 19.9 Å². The molecule has 0 saturated carbocycles. The minimum Gasteiger partial charge on any atom is -0.311 e. The van der Waals surface area contributed by atoms with E-state index in [0.717, 1.165) is 34.6 Å². The van der Waals surface area contributed by atoms with E-state index in [1.54, 1.807) is 24.3 Å². The van der Waals surface area contributed by atoms with Crippen LogP contribution in [-0.2, 0) is 23.0 Å². The van der Waals surface area contributed by atoms with Gasteiger partial charge in [0, 0.05) is 28.9 Å². The van der Waals surface area contributed by atoms with Crippen LogP contribution in [0.15, 0.2) is 33.6 Å². The predicted molar refractivity (Wildman–Crippen MR) is 82.5 cm³/mol. The summed E-state index contributed by atoms with van der Waals surface area (Å²) >= 11 is 4.67. The molecule has 1 aliphatic heterocycles. The van der Waals surface area contributed by atoms with E-state index in [1.807, 2.05) is 0 Å². The lowest BCUT2D eigenvalue weighted by atomic mass is 10.2. The predicted octanol–water partition coefficient (Wildman–Crippen LogP) is 2.35. The number of thiazole rings is 1. The lowest BCUT2D eigenvalue weighted by molar-refractivity contribution is 0.601. The topological polar surface area (TPSA) is 71.1 Å². The fraction of sp³-hybridized carbons (Fsp3) is 0.250. The van der Waals surface area contributed by atoms with E-state index in [-0.39, 0.29) is 4.90 Å². The Balaban J connectivity index is 1.86. The molecule has 0 amide bonds. The Kier molecular flexibility index (Phi) is 3.80. The highest BCUT2D eigenvalue weighted by Crippen LogP contribution is 2.27. The van der Waals surface area contributed by atoms with Crippen LogP contribution in [0.2, 0.25) is 0 Å². The highest BCUT2D eigenvalue weighted by atomic mass is 79.9. The van der Waals surface area contributed by atoms with Gasteiger partial charge >= 0.3 is 0 Å². The number of benzene rings is 1. The van der Waals surface area contributed by atoms with Gasteiger partial charge in [-0.1, -0.05) is 27.3 Å². The average Bonchev–Trinajstić information content (AvgIpc) is 2.80. The molecule has 0 bridgehead atoms. The summed E-state index contributed by atoms with van der Waals surface area (Å²) in [6, 6.07) is 6.51. The summed E-state index contributed by atoms with van der Waals surface area (Å²) in [6.07, 6.45) is 0.839. The maximum atomic E-state index is 12.3. The lowest BCUT2D eigenvalue weighted by Gasteiger charge is -2.09. The molecule has 0 radical (unpaired) electrons. The molecule has 0 spiro atoms. The minimum atomic E-state index is -3.57. The Hall–Kier alpha value is -0.960. The van der Waals surface area contributed by atoms with Crippen molar-refractivity contribution in [2.24, 2.45) is 0 Å². The van der Waals surface area contributed by atoms with Crippen LogP contribution < -0.4 is 10.0 Å². The van der Waals surface area contributed by atoms with Crippen molar-refractivity contribution in [2.45, 2.75) is 17.9 Å². The third kappa shape index (κ3) is 2.88. The van der Waals surface area contributed by atoms with E-state index in [2.05, 4.69) is 31.0 Å². The van der Waals surface area contributed by atoms with Crippen molar-refractivity contribution in [1.82, 2.24) is 10.3 Å². The monoisotopic (exact) mass is 373 g/mol. The van der Waals surface area contributed by atoms with Crippen molar-refractivity contribution in [1.29, 1.82) is 0 Å². The van der Waals surface area contributed by atoms with Crippen molar-refractivity contribution in [3.63, 3.8) is 0 Å². The van der Waals surface area contributed by atoms with Gasteiger partial charge in [0.25, 0.3) is 10.0 Å². The molecule has 20 heavy (non-hydrogen) atoms. The Labute approximate surface area is 129 Å². The van der Waals surface area contributed by atoms with Crippen molar-refractivity contribution in [2.75, 3.05) is 11.3 Å². The molecule has 2 N–H and O–H groups in total. The van der Waals surface area contributed by atoms with Gasteiger partial charge in [-0.15, -0.1) is 0 Å². The zero-order valence-corrected chi connectivity index (χ0v) is 13.6. The molecule has 0 atom stereocenters. The third-order valence-corrected chi connectivity index (χ3v) is 5.97. The molecule has 3 rings (SSSR count). The number of halogens is 1. The summed E-state index contributed by atoms with van der Waals surface area (Å²) in [5.74, 6) is 0. The Morgan fingerprint density at radius 1 is 1.30 bits per heavy atom. The molecule has 106 valence electrons. The van der Waals surface area contributed by atoms with Gasteiger partial charge in [0.15, 0.2) is 5.13 Å². The molecule has 2 aromatic rings. The number of anilines is 1. The largest absolute Gasteiger partial charge is 0.311 e. The van der Waals surface area contributed by atoms with Gasteiger partial charge in [-0.05, 0) is 24.3 Å². The van der Waals surface area contributed by atoms with E-state index in [0.29, 0.717) is 5.13 Å². The number of sulfonamides is 1. The van der Waals surface area contributed by atoms with Crippen molar-refractivity contribution < 1.29 is 8.42 Å². The van der Waals surface area contributed by atoms with Gasteiger partial charge in [-0.3, -0.25) is 4.72 Å². The number of fused-ring (bicyclic) bond motifs is 1. The van der Waals surface area contributed by atoms with Crippen LogP contribution in [0.1, 0.15) is 10.6 Å². The molecule has 0 aliphatic carbocycles. The van der Waals surface area contributed by atoms with Gasteiger partial charge in [0.05, 0.1) is 10.6 Å². The van der Waals surface area contributed by atoms with E-state index < -0.39 is 10.0 Å². The standard InChI is InChI=1S/C12H12BrN3O2S2/c13-8-1-3-9(4-2-8)20(17,18)16-12-15-10-5-6-14-7-11(10)19-12/h1-4,14H,5-7H2,(H,15,16). The number of hydrogen-bond donors (Lipinski definition) is 2. The maximum Gasteiger partial charge on any atom is 0.263 e. The number of aromatic nitrogens is 1. The van der Waals surface area contributed by atoms with Crippen molar-refractivity contribution in [3.05, 3.63) is 39.3 Å². The summed E-state index contributed by atoms with van der Waals surface area (Å²) in [6.45, 7) is 1.64. The molecule has 2 heterocycles. The highest BCUT2D eigenvalue weighted by molar-refractivity contribution is 9.10. The van der Waals surface area contributed by atoms with Crippen LogP contribution in [0.25, 0.3) is 0 Å². The molecule has 0 unspecified atom stereocenters. The molecule has 8 heteroatoms. The second-order valence-electron chi connectivity index (χ2n) is 4.38. The fourth-order valence-electron chi connectivity index (χ4n) is 1.96. The van der Waals surface area contributed by atoms with Crippen LogP contribution in [0.3, 0.4) is 0 Å². The van der Waals surface area contributed by atoms with Crippen LogP contribution in [0, 0.1) is 0 Å². The second kappa shape index (κ2) is 5.44. The van der Waals surface area contributed by atoms with Gasteiger partial charge in [-0.2, -0.15) is 0 Å². The van der Waals surface area contributed by atoms with E-state index >= 15 is 0 Å². The summed E-state index contributed by atoms with van der Waals surface area (Å²) in [5.41, 5.74) is 0.988. The quantitative estimate of drug-likeness (QED) is 0.865. The van der Waals surface area contributed by atoms with Gasteiger partial charge in [0.2, 0.25) is 0 Å². The zero-order valence-electron chi connectivity index (χ0n) is 10.4. The smallest absolute Gasteiger partial charge is 0.263 e. The third-order valence-electron chi connectivity index (χ3n) is 2.95. The molecule has 5 nitrogen and oxygen atoms in total. The first-order chi connectivity index (χ1) is 9.54. The highest BCUT2D eigenvalue weighted by Gasteiger charge is 2.19. The Morgan fingerprint density at radius 2 is 2.05 bits per heavy atom. The Morgan fingerprint density at radius 3 is 2.75 bits per heavy atom. The molecule has 1 aromatic carbocycles. The van der Waals surface area contributed by atoms with E-state index in [4.69, 9.17) is 0 Å². The lowest BCUT2D eigenvalue weighted by Crippen LogP contribution is -2.22. The van der Waals surface area contributed by atoms with Gasteiger partial charge < -0.3 is 5.32 Å². The first kappa shape index (κ1) is 14.0. The molecular formula is C12H12BrN3O2S2. The van der Waals surface area contributed by atoms with Crippen LogP contribution in [0.4, 0.5) is 5.13 Å². The average molecular weight is 374 g/mol. The first-order valence-corrected chi connectivity index (χ1v) is 9.11. The number of rotatable bonds is 3. The van der Waals surface area contributed by atoms with Crippen molar-refractivity contribution >= 4 is 42.4 Å². The Bertz CT molecular complexity index is 702. The summed E-state index contributed by atoms with van der Waals surface area (Å²) in [7, 11) is -3.57. The normalized spacial score (nSPS) is 14.8. The molecule has 0 fully saturated rings. The summed E-state index contributed by atoms with van der Waals surface area (Å²) < 4.78 is 27.9. The number of hydrogen-bond acceptors (Lipinski definition) is 5. The summed E-state index contributed by atoms with van der Waals surface area (Å²) in [5, 5.41) is 3.68. The number of nitrogens with zero attached hydrogens (tertiary/aromatic N) is 1. The van der Waals surface area contributed by atoms with E-state index in [1.165, 1.54) is 11.3 Å². The SMILES string of the molecule is O=S(=O)(Nc1nc2c(s1)CNCC2)c1ccc(Br)cc1. The minimum absolute atomic E-state index is 0.229. The fourth-order valence-corrected chi connectivity index (χ4v) is 4.43. The van der Waals surface area contributed by atoms with E-state index in [9.17, 15) is 8.42 Å². The van der Waals surface area contributed by atoms with Crippen LogP contribution >= 0.6 is 27.3 Å². The maximum absolute atomic E-state index is 12.3. The van der Waals surface area contributed by atoms with Crippen molar-refractivity contribution in [3.8, 4) is 0 Å². The molecule has 1 aromatic heterocycles. The molecular weight excluding hydrogens is 362 g/mol. The second-order valence-corrected chi connectivity index (χ2v) is 8.06. The van der Waals surface area contributed by atoms with Crippen LogP contribution in [0.5, 0.6) is 0 Å². The molecule has 1 aliphatic rings. The first-order valence-electron chi connectivity index (χ1n) is 6.02.